The van der Waals surface area contributed by atoms with Crippen LogP contribution in [-0.4, -0.2) is 17.6 Å². The fourth-order valence-corrected chi connectivity index (χ4v) is 1.94. The maximum absolute atomic E-state index is 13.8. The number of carbonyl (C=O) groups excluding carboxylic acids is 1. The number of benzene rings is 2. The molecule has 2 aromatic rings. The number of amides is 1. The SMILES string of the molecule is Cc1ccc(F)c(C(=O)NCC(O)c2ccccc2)c1F. The normalized spacial score (nSPS) is 12.0. The van der Waals surface area contributed by atoms with Gasteiger partial charge in [-0.3, -0.25) is 4.79 Å². The Balaban J connectivity index is 2.08. The van der Waals surface area contributed by atoms with Crippen LogP contribution >= 0.6 is 0 Å². The van der Waals surface area contributed by atoms with Crippen LogP contribution in [0.4, 0.5) is 8.78 Å². The summed E-state index contributed by atoms with van der Waals surface area (Å²) in [5.41, 5.74) is 0.170. The third kappa shape index (κ3) is 3.44. The van der Waals surface area contributed by atoms with E-state index in [9.17, 15) is 18.7 Å². The van der Waals surface area contributed by atoms with Crippen molar-refractivity contribution in [2.75, 3.05) is 6.54 Å². The van der Waals surface area contributed by atoms with Crippen LogP contribution in [0.15, 0.2) is 42.5 Å². The molecule has 3 nitrogen and oxygen atoms in total. The van der Waals surface area contributed by atoms with Gasteiger partial charge in [-0.25, -0.2) is 8.78 Å². The number of halogens is 2. The third-order valence-electron chi connectivity index (χ3n) is 3.15. The molecule has 1 amide bonds. The summed E-state index contributed by atoms with van der Waals surface area (Å²) in [6, 6.07) is 11.0. The topological polar surface area (TPSA) is 49.3 Å². The third-order valence-corrected chi connectivity index (χ3v) is 3.15. The lowest BCUT2D eigenvalue weighted by molar-refractivity contribution is 0.0907. The predicted octanol–water partition coefficient (Wildman–Crippen LogP) is 2.74. The standard InChI is InChI=1S/C16H15F2NO2/c1-10-7-8-12(17)14(15(10)18)16(21)19-9-13(20)11-5-3-2-4-6-11/h2-8,13,20H,9H2,1H3,(H,19,21). The molecule has 1 unspecified atom stereocenters. The lowest BCUT2D eigenvalue weighted by Gasteiger charge is -2.13. The first kappa shape index (κ1) is 15.1. The molecule has 1 atom stereocenters. The fourth-order valence-electron chi connectivity index (χ4n) is 1.94. The van der Waals surface area contributed by atoms with Gasteiger partial charge < -0.3 is 10.4 Å². The van der Waals surface area contributed by atoms with Crippen LogP contribution in [0.25, 0.3) is 0 Å². The van der Waals surface area contributed by atoms with Crippen LogP contribution in [0, 0.1) is 18.6 Å². The van der Waals surface area contributed by atoms with E-state index in [1.54, 1.807) is 30.3 Å². The molecular formula is C16H15F2NO2. The molecule has 0 aliphatic rings. The molecule has 0 radical (unpaired) electrons. The van der Waals surface area contributed by atoms with Crippen molar-refractivity contribution >= 4 is 5.91 Å². The van der Waals surface area contributed by atoms with Crippen LogP contribution in [0.3, 0.4) is 0 Å². The van der Waals surface area contributed by atoms with E-state index in [4.69, 9.17) is 0 Å². The zero-order chi connectivity index (χ0) is 15.4. The molecule has 110 valence electrons. The minimum Gasteiger partial charge on any atom is -0.387 e. The van der Waals surface area contributed by atoms with Crippen LogP contribution in [0.1, 0.15) is 27.6 Å². The average Bonchev–Trinajstić information content (AvgIpc) is 2.50. The summed E-state index contributed by atoms with van der Waals surface area (Å²) in [6.45, 7) is 1.32. The number of nitrogens with one attached hydrogen (secondary N) is 1. The minimum absolute atomic E-state index is 0.129. The van der Waals surface area contributed by atoms with Crippen molar-refractivity contribution in [3.8, 4) is 0 Å². The van der Waals surface area contributed by atoms with E-state index >= 15 is 0 Å². The van der Waals surface area contributed by atoms with E-state index in [0.717, 1.165) is 6.07 Å². The van der Waals surface area contributed by atoms with Crippen LogP contribution in [0.2, 0.25) is 0 Å². The maximum Gasteiger partial charge on any atom is 0.257 e. The monoisotopic (exact) mass is 291 g/mol. The summed E-state index contributed by atoms with van der Waals surface area (Å²) in [7, 11) is 0. The van der Waals surface area contributed by atoms with Crippen molar-refractivity contribution in [2.24, 2.45) is 0 Å². The van der Waals surface area contributed by atoms with E-state index in [1.807, 2.05) is 0 Å². The first-order valence-corrected chi connectivity index (χ1v) is 6.46. The molecule has 0 fully saturated rings. The lowest BCUT2D eigenvalue weighted by atomic mass is 10.1. The van der Waals surface area contributed by atoms with Crippen LogP contribution in [-0.2, 0) is 0 Å². The van der Waals surface area contributed by atoms with Gasteiger partial charge in [0.15, 0.2) is 0 Å². The van der Waals surface area contributed by atoms with Crippen molar-refractivity contribution < 1.29 is 18.7 Å². The Morgan fingerprint density at radius 3 is 2.52 bits per heavy atom. The van der Waals surface area contributed by atoms with Crippen molar-refractivity contribution in [1.82, 2.24) is 5.32 Å². The van der Waals surface area contributed by atoms with E-state index < -0.39 is 29.2 Å². The molecule has 21 heavy (non-hydrogen) atoms. The van der Waals surface area contributed by atoms with E-state index in [1.165, 1.54) is 13.0 Å². The fraction of sp³-hybridized carbons (Fsp3) is 0.188. The molecule has 0 heterocycles. The van der Waals surface area contributed by atoms with Gasteiger partial charge in [-0.2, -0.15) is 0 Å². The number of aliphatic hydroxyl groups excluding tert-OH is 1. The highest BCUT2D eigenvalue weighted by molar-refractivity contribution is 5.95. The van der Waals surface area contributed by atoms with Gasteiger partial charge in [-0.1, -0.05) is 36.4 Å². The molecule has 2 rings (SSSR count). The summed E-state index contributed by atoms with van der Waals surface area (Å²) in [5, 5.41) is 12.2. The Hall–Kier alpha value is -2.27. The number of hydrogen-bond donors (Lipinski definition) is 2. The van der Waals surface area contributed by atoms with Gasteiger partial charge in [0.05, 0.1) is 6.10 Å². The first-order valence-electron chi connectivity index (χ1n) is 6.46. The number of aliphatic hydroxyl groups is 1. The largest absolute Gasteiger partial charge is 0.387 e. The minimum atomic E-state index is -0.939. The molecule has 0 spiro atoms. The van der Waals surface area contributed by atoms with Crippen molar-refractivity contribution in [1.29, 1.82) is 0 Å². The van der Waals surface area contributed by atoms with Gasteiger partial charge in [-0.05, 0) is 24.1 Å². The maximum atomic E-state index is 13.8. The van der Waals surface area contributed by atoms with Gasteiger partial charge in [0.2, 0.25) is 0 Å². The van der Waals surface area contributed by atoms with Crippen LogP contribution in [0.5, 0.6) is 0 Å². The molecule has 0 saturated carbocycles. The van der Waals surface area contributed by atoms with E-state index in [2.05, 4.69) is 5.32 Å². The summed E-state index contributed by atoms with van der Waals surface area (Å²) >= 11 is 0. The first-order chi connectivity index (χ1) is 10.0. The summed E-state index contributed by atoms with van der Waals surface area (Å²) < 4.78 is 27.4. The number of rotatable bonds is 4. The summed E-state index contributed by atoms with van der Waals surface area (Å²) in [5.74, 6) is -2.70. The molecule has 0 aliphatic heterocycles. The van der Waals surface area contributed by atoms with Crippen molar-refractivity contribution in [2.45, 2.75) is 13.0 Å². The smallest absolute Gasteiger partial charge is 0.257 e. The second kappa shape index (κ2) is 6.45. The van der Waals surface area contributed by atoms with Crippen LogP contribution < -0.4 is 5.32 Å². The van der Waals surface area contributed by atoms with Gasteiger partial charge in [-0.15, -0.1) is 0 Å². The molecule has 2 aromatic carbocycles. The predicted molar refractivity (Wildman–Crippen MR) is 74.8 cm³/mol. The zero-order valence-corrected chi connectivity index (χ0v) is 11.4. The molecular weight excluding hydrogens is 276 g/mol. The average molecular weight is 291 g/mol. The highest BCUT2D eigenvalue weighted by Gasteiger charge is 2.19. The second-order valence-corrected chi connectivity index (χ2v) is 4.69. The molecule has 0 saturated heterocycles. The highest BCUT2D eigenvalue weighted by Crippen LogP contribution is 2.17. The molecule has 0 aromatic heterocycles. The Bertz CT molecular complexity index is 644. The van der Waals surface area contributed by atoms with Gasteiger partial charge >= 0.3 is 0 Å². The summed E-state index contributed by atoms with van der Waals surface area (Å²) in [4.78, 5) is 11.9. The number of carbonyl (C=O) groups is 1. The molecule has 0 aliphatic carbocycles. The molecule has 2 N–H and O–H groups in total. The Labute approximate surface area is 121 Å². The van der Waals surface area contributed by atoms with Crippen molar-refractivity contribution in [3.63, 3.8) is 0 Å². The molecule has 5 heteroatoms. The van der Waals surface area contributed by atoms with E-state index in [-0.39, 0.29) is 12.1 Å². The lowest BCUT2D eigenvalue weighted by Crippen LogP contribution is -2.30. The molecule has 0 bridgehead atoms. The van der Waals surface area contributed by atoms with Crippen molar-refractivity contribution in [3.05, 3.63) is 70.8 Å². The van der Waals surface area contributed by atoms with Gasteiger partial charge in [0, 0.05) is 6.54 Å². The Kier molecular flexibility index (Phi) is 4.65. The summed E-state index contributed by atoms with van der Waals surface area (Å²) in [6.07, 6.45) is -0.939. The Morgan fingerprint density at radius 2 is 1.86 bits per heavy atom. The second-order valence-electron chi connectivity index (χ2n) is 4.69. The highest BCUT2D eigenvalue weighted by atomic mass is 19.1. The number of aryl methyl sites for hydroxylation is 1. The van der Waals surface area contributed by atoms with Gasteiger partial charge in [0.25, 0.3) is 5.91 Å². The Morgan fingerprint density at radius 1 is 1.19 bits per heavy atom. The number of hydrogen-bond acceptors (Lipinski definition) is 2. The quantitative estimate of drug-likeness (QED) is 0.910. The zero-order valence-electron chi connectivity index (χ0n) is 11.4. The van der Waals surface area contributed by atoms with Gasteiger partial charge in [0.1, 0.15) is 17.2 Å². The van der Waals surface area contributed by atoms with E-state index in [0.29, 0.717) is 5.56 Å².